The number of ketones is 1. The maximum absolute atomic E-state index is 11.3. The van der Waals surface area contributed by atoms with E-state index in [4.69, 9.17) is 0 Å². The largest absolute Gasteiger partial charge is 0.300 e. The Labute approximate surface area is 92.2 Å². The molecule has 1 unspecified atom stereocenters. The molecule has 0 heterocycles. The number of hydrogen-bond acceptors (Lipinski definition) is 3. The van der Waals surface area contributed by atoms with Gasteiger partial charge in [-0.1, -0.05) is 13.8 Å². The average Bonchev–Trinajstić information content (AvgIpc) is 2.46. The van der Waals surface area contributed by atoms with Crippen molar-refractivity contribution in [2.75, 3.05) is 11.5 Å². The number of hydrogen-bond donors (Lipinski definition) is 0. The van der Waals surface area contributed by atoms with Gasteiger partial charge in [-0.2, -0.15) is 0 Å². The minimum Gasteiger partial charge on any atom is -0.300 e. The van der Waals surface area contributed by atoms with Crippen molar-refractivity contribution >= 4 is 15.6 Å². The van der Waals surface area contributed by atoms with E-state index < -0.39 is 9.84 Å². The van der Waals surface area contributed by atoms with Gasteiger partial charge in [0.05, 0.1) is 5.75 Å². The molecule has 3 nitrogen and oxygen atoms in total. The number of carbonyl (C=O) groups is 1. The van der Waals surface area contributed by atoms with Gasteiger partial charge in [-0.15, -0.1) is 0 Å². The van der Waals surface area contributed by atoms with Crippen LogP contribution in [0.2, 0.25) is 0 Å². The molecule has 1 fully saturated rings. The van der Waals surface area contributed by atoms with Crippen LogP contribution in [0.1, 0.15) is 46.0 Å². The summed E-state index contributed by atoms with van der Waals surface area (Å²) in [6, 6.07) is 0. The predicted molar refractivity (Wildman–Crippen MR) is 60.5 cm³/mol. The van der Waals surface area contributed by atoms with Crippen molar-refractivity contribution in [3.63, 3.8) is 0 Å². The van der Waals surface area contributed by atoms with E-state index >= 15 is 0 Å². The Morgan fingerprint density at radius 2 is 2.07 bits per heavy atom. The summed E-state index contributed by atoms with van der Waals surface area (Å²) in [7, 11) is -2.84. The fourth-order valence-electron chi connectivity index (χ4n) is 2.17. The Morgan fingerprint density at radius 1 is 1.40 bits per heavy atom. The van der Waals surface area contributed by atoms with Gasteiger partial charge in [-0.05, 0) is 24.7 Å². The van der Waals surface area contributed by atoms with Crippen molar-refractivity contribution in [3.8, 4) is 0 Å². The normalized spacial score (nSPS) is 27.2. The lowest BCUT2D eigenvalue weighted by molar-refractivity contribution is -0.118. The van der Waals surface area contributed by atoms with Crippen molar-refractivity contribution in [2.45, 2.75) is 46.0 Å². The summed E-state index contributed by atoms with van der Waals surface area (Å²) in [6.07, 6.45) is 3.80. The Bertz CT molecular complexity index is 332. The second kappa shape index (κ2) is 4.64. The fraction of sp³-hybridized carbons (Fsp3) is 0.909. The number of rotatable bonds is 5. The number of carbonyl (C=O) groups excluding carboxylic acids is 1. The average molecular weight is 232 g/mol. The van der Waals surface area contributed by atoms with Crippen molar-refractivity contribution in [1.29, 1.82) is 0 Å². The number of Topliss-reactive ketones (excluding diaryl/α,β-unsaturated/α-hetero) is 1. The maximum atomic E-state index is 11.3. The molecule has 1 aliphatic carbocycles. The highest BCUT2D eigenvalue weighted by Crippen LogP contribution is 2.39. The molecule has 0 N–H and O–H groups in total. The summed E-state index contributed by atoms with van der Waals surface area (Å²) in [5.74, 6) is 0.825. The van der Waals surface area contributed by atoms with Crippen LogP contribution < -0.4 is 0 Å². The van der Waals surface area contributed by atoms with Gasteiger partial charge < -0.3 is 0 Å². The summed E-state index contributed by atoms with van der Waals surface area (Å²) in [5.41, 5.74) is 0.0698. The Morgan fingerprint density at radius 3 is 2.53 bits per heavy atom. The predicted octanol–water partition coefficient (Wildman–Crippen LogP) is 1.96. The molecule has 0 aromatic rings. The van der Waals surface area contributed by atoms with E-state index in [1.807, 2.05) is 0 Å². The first-order chi connectivity index (χ1) is 6.87. The molecule has 1 aliphatic rings. The van der Waals surface area contributed by atoms with Gasteiger partial charge in [-0.25, -0.2) is 8.42 Å². The smallest absolute Gasteiger partial charge is 0.150 e. The van der Waals surface area contributed by atoms with Crippen LogP contribution in [0, 0.1) is 5.41 Å². The molecule has 4 heteroatoms. The quantitative estimate of drug-likeness (QED) is 0.728. The first kappa shape index (κ1) is 12.7. The van der Waals surface area contributed by atoms with Gasteiger partial charge in [0.1, 0.15) is 15.6 Å². The van der Waals surface area contributed by atoms with Gasteiger partial charge in [0.2, 0.25) is 0 Å². The first-order valence-corrected chi connectivity index (χ1v) is 7.41. The van der Waals surface area contributed by atoms with Gasteiger partial charge in [0, 0.05) is 18.6 Å². The van der Waals surface area contributed by atoms with Gasteiger partial charge >= 0.3 is 0 Å². The molecule has 0 saturated heterocycles. The first-order valence-electron chi connectivity index (χ1n) is 5.59. The second-order valence-electron chi connectivity index (χ2n) is 4.87. The van der Waals surface area contributed by atoms with E-state index in [0.29, 0.717) is 25.0 Å². The highest BCUT2D eigenvalue weighted by atomic mass is 32.2. The van der Waals surface area contributed by atoms with Gasteiger partial charge in [-0.3, -0.25) is 4.79 Å². The molecule has 0 amide bonds. The van der Waals surface area contributed by atoms with Gasteiger partial charge in [0.25, 0.3) is 0 Å². The van der Waals surface area contributed by atoms with E-state index in [1.54, 1.807) is 6.92 Å². The Kier molecular flexibility index (Phi) is 3.93. The molecule has 0 aliphatic heterocycles. The highest BCUT2D eigenvalue weighted by Gasteiger charge is 2.33. The summed E-state index contributed by atoms with van der Waals surface area (Å²) >= 11 is 0. The lowest BCUT2D eigenvalue weighted by Gasteiger charge is -2.21. The fourth-order valence-corrected chi connectivity index (χ4v) is 3.04. The third kappa shape index (κ3) is 3.93. The third-order valence-corrected chi connectivity index (χ3v) is 5.10. The van der Waals surface area contributed by atoms with Crippen LogP contribution in [-0.4, -0.2) is 25.7 Å². The lowest BCUT2D eigenvalue weighted by atomic mass is 9.84. The molecule has 0 radical (unpaired) electrons. The van der Waals surface area contributed by atoms with E-state index in [9.17, 15) is 13.2 Å². The van der Waals surface area contributed by atoms with E-state index in [-0.39, 0.29) is 16.9 Å². The zero-order valence-electron chi connectivity index (χ0n) is 9.58. The summed E-state index contributed by atoms with van der Waals surface area (Å²) in [5, 5.41) is 0. The molecular weight excluding hydrogens is 212 g/mol. The molecule has 0 spiro atoms. The van der Waals surface area contributed by atoms with Crippen LogP contribution in [-0.2, 0) is 14.6 Å². The Hall–Kier alpha value is -0.380. The molecule has 1 rings (SSSR count). The zero-order chi connectivity index (χ0) is 11.5. The molecule has 1 atom stereocenters. The second-order valence-corrected chi connectivity index (χ2v) is 7.34. The van der Waals surface area contributed by atoms with E-state index in [2.05, 4.69) is 6.92 Å². The van der Waals surface area contributed by atoms with Crippen molar-refractivity contribution in [1.82, 2.24) is 0 Å². The zero-order valence-corrected chi connectivity index (χ0v) is 10.4. The monoisotopic (exact) mass is 232 g/mol. The van der Waals surface area contributed by atoms with Crippen LogP contribution in [0.4, 0.5) is 0 Å². The highest BCUT2D eigenvalue weighted by molar-refractivity contribution is 7.91. The maximum Gasteiger partial charge on any atom is 0.150 e. The molecule has 1 saturated carbocycles. The molecule has 15 heavy (non-hydrogen) atoms. The van der Waals surface area contributed by atoms with Crippen LogP contribution in [0.25, 0.3) is 0 Å². The molecular formula is C11H20O3S. The van der Waals surface area contributed by atoms with Crippen LogP contribution in [0.5, 0.6) is 0 Å². The van der Waals surface area contributed by atoms with Crippen LogP contribution in [0.3, 0.4) is 0 Å². The minimum absolute atomic E-state index is 0.0698. The lowest BCUT2D eigenvalue weighted by Crippen LogP contribution is -2.15. The molecule has 0 aromatic carbocycles. The molecule has 0 bridgehead atoms. The molecule has 88 valence electrons. The van der Waals surface area contributed by atoms with Crippen molar-refractivity contribution in [2.24, 2.45) is 5.41 Å². The Balaban J connectivity index is 2.35. The van der Waals surface area contributed by atoms with Gasteiger partial charge in [0.15, 0.2) is 0 Å². The van der Waals surface area contributed by atoms with Crippen LogP contribution in [0.15, 0.2) is 0 Å². The standard InChI is InChI=1S/C11H20O3S/c1-3-15(13,14)8-4-6-11(2)7-5-10(12)9-11/h3-9H2,1-2H3. The summed E-state index contributed by atoms with van der Waals surface area (Å²) in [6.45, 7) is 3.77. The molecule has 0 aromatic heterocycles. The number of sulfone groups is 1. The minimum atomic E-state index is -2.84. The topological polar surface area (TPSA) is 51.2 Å². The SMILES string of the molecule is CCS(=O)(=O)CCCC1(C)CCC(=O)C1. The van der Waals surface area contributed by atoms with E-state index in [0.717, 1.165) is 12.8 Å². The van der Waals surface area contributed by atoms with Crippen molar-refractivity contribution in [3.05, 3.63) is 0 Å². The summed E-state index contributed by atoms with van der Waals surface area (Å²) < 4.78 is 22.5. The summed E-state index contributed by atoms with van der Waals surface area (Å²) in [4.78, 5) is 11.2. The van der Waals surface area contributed by atoms with Crippen LogP contribution >= 0.6 is 0 Å². The van der Waals surface area contributed by atoms with E-state index in [1.165, 1.54) is 0 Å². The third-order valence-electron chi connectivity index (χ3n) is 3.31. The van der Waals surface area contributed by atoms with Crippen molar-refractivity contribution < 1.29 is 13.2 Å².